The molecule has 0 aliphatic heterocycles. The van der Waals surface area contributed by atoms with E-state index in [0.29, 0.717) is 0 Å². The molecule has 0 bridgehead atoms. The number of hydrogen-bond acceptors (Lipinski definition) is 3. The van der Waals surface area contributed by atoms with Crippen LogP contribution in [0.3, 0.4) is 0 Å². The summed E-state index contributed by atoms with van der Waals surface area (Å²) in [7, 11) is 1.55. The van der Waals surface area contributed by atoms with E-state index in [0.717, 1.165) is 0 Å². The lowest BCUT2D eigenvalue weighted by atomic mass is 10.5. The van der Waals surface area contributed by atoms with Crippen molar-refractivity contribution in [1.29, 1.82) is 0 Å². The Morgan fingerprint density at radius 3 is 3.36 bits per heavy atom. The fraction of sp³-hybridized carbons (Fsp3) is 0.167. The van der Waals surface area contributed by atoms with E-state index in [1.807, 2.05) is 0 Å². The van der Waals surface area contributed by atoms with Gasteiger partial charge in [-0.25, -0.2) is 9.97 Å². The predicted molar refractivity (Wildman–Crippen MR) is 39.1 cm³/mol. The maximum atomic E-state index is 11.3. The summed E-state index contributed by atoms with van der Waals surface area (Å²) in [5, 5.41) is 0. The van der Waals surface area contributed by atoms with Gasteiger partial charge in [-0.15, -0.1) is 0 Å². The normalized spacial score (nSPS) is 13.2. The molecule has 1 N–H and O–H groups in total. The number of nitrogens with zero attached hydrogens (tertiary/aromatic N) is 3. The average molecular weight is 152 g/mol. The quantitative estimate of drug-likeness (QED) is 0.561. The van der Waals surface area contributed by atoms with Crippen molar-refractivity contribution in [3.63, 3.8) is 0 Å². The van der Waals surface area contributed by atoms with Crippen molar-refractivity contribution in [3.8, 4) is 0 Å². The first-order valence-corrected chi connectivity index (χ1v) is 2.99. The average Bonchev–Trinajstić information content (AvgIpc) is 2.27. The second-order valence-corrected chi connectivity index (χ2v) is 2.12. The number of nitrogens with one attached hydrogen (secondary N) is 1. The summed E-state index contributed by atoms with van der Waals surface area (Å²) in [5.41, 5.74) is -0.0780. The Morgan fingerprint density at radius 1 is 1.73 bits per heavy atom. The van der Waals surface area contributed by atoms with Crippen molar-refractivity contribution in [2.45, 2.75) is 0 Å². The van der Waals surface area contributed by atoms with E-state index in [1.165, 1.54) is 4.57 Å². The van der Waals surface area contributed by atoms with Gasteiger partial charge in [-0.05, 0) is 0 Å². The molecule has 0 amide bonds. The van der Waals surface area contributed by atoms with Gasteiger partial charge in [0.15, 0.2) is 11.2 Å². The van der Waals surface area contributed by atoms with Gasteiger partial charge < -0.3 is 9.55 Å². The topological polar surface area (TPSA) is 63.6 Å². The zero-order valence-corrected chi connectivity index (χ0v) is 5.75. The number of aromatic nitrogens is 4. The number of aromatic amines is 1. The van der Waals surface area contributed by atoms with E-state index in [2.05, 4.69) is 15.0 Å². The summed E-state index contributed by atoms with van der Waals surface area (Å²) in [5.74, 6) is 0. The van der Waals surface area contributed by atoms with E-state index >= 15 is 0 Å². The van der Waals surface area contributed by atoms with Gasteiger partial charge >= 0.3 is 0 Å². The van der Waals surface area contributed by atoms with Crippen LogP contribution < -0.4 is 5.56 Å². The molecule has 2 aromatic rings. The molecule has 0 aromatic carbocycles. The van der Waals surface area contributed by atoms with E-state index in [9.17, 15) is 4.79 Å². The van der Waals surface area contributed by atoms with Crippen LogP contribution in [0.4, 0.5) is 0 Å². The van der Waals surface area contributed by atoms with E-state index in [4.69, 9.17) is 2.74 Å². The Hall–Kier alpha value is -1.65. The summed E-state index contributed by atoms with van der Waals surface area (Å²) >= 11 is 0. The predicted octanol–water partition coefficient (Wildman–Crippen LogP) is -0.343. The number of hydrogen-bond donors (Lipinski definition) is 1. The van der Waals surface area contributed by atoms with Crippen molar-refractivity contribution in [1.82, 2.24) is 19.5 Å². The monoisotopic (exact) mass is 152 g/mol. The van der Waals surface area contributed by atoms with Crippen LogP contribution in [0.1, 0.15) is 2.74 Å². The summed E-state index contributed by atoms with van der Waals surface area (Å²) in [6.45, 7) is 0. The number of fused-ring (bicyclic) bond motifs is 1. The molecule has 56 valence electrons. The highest BCUT2D eigenvalue weighted by molar-refractivity contribution is 5.68. The molecule has 0 unspecified atom stereocenters. The van der Waals surface area contributed by atoms with Crippen molar-refractivity contribution in [2.75, 3.05) is 0 Å². The molecule has 0 aliphatic rings. The van der Waals surface area contributed by atoms with Gasteiger partial charge in [0, 0.05) is 7.05 Å². The minimum atomic E-state index is -0.441. The lowest BCUT2D eigenvalue weighted by molar-refractivity contribution is 0.938. The number of H-pyrrole nitrogens is 1. The number of rotatable bonds is 0. The first kappa shape index (κ1) is 4.27. The zero-order chi connectivity index (χ0) is 9.59. The van der Waals surface area contributed by atoms with Crippen LogP contribution in [0.2, 0.25) is 0 Å². The molecule has 0 aliphatic carbocycles. The van der Waals surface area contributed by atoms with Crippen LogP contribution in [0.15, 0.2) is 17.4 Å². The van der Waals surface area contributed by atoms with Crippen LogP contribution in [-0.4, -0.2) is 19.5 Å². The van der Waals surface area contributed by atoms with Gasteiger partial charge in [0.2, 0.25) is 0 Å². The van der Waals surface area contributed by atoms with Gasteiger partial charge in [0.25, 0.3) is 5.56 Å². The second-order valence-electron chi connectivity index (χ2n) is 2.12. The second kappa shape index (κ2) is 1.91. The van der Waals surface area contributed by atoms with Gasteiger partial charge in [-0.3, -0.25) is 4.79 Å². The molecule has 5 heteroatoms. The molecule has 0 fully saturated rings. The van der Waals surface area contributed by atoms with Crippen LogP contribution in [0.5, 0.6) is 0 Å². The van der Waals surface area contributed by atoms with Crippen LogP contribution in [-0.2, 0) is 7.05 Å². The Labute approximate surface area is 64.5 Å². The third kappa shape index (κ3) is 0.739. The molecule has 0 saturated carbocycles. The molecule has 0 saturated heterocycles. The lowest BCUT2D eigenvalue weighted by Crippen LogP contribution is -2.08. The highest BCUT2D eigenvalue weighted by atomic mass is 16.1. The zero-order valence-electron chi connectivity index (χ0n) is 7.75. The molecular formula is C6H6N4O. The minimum Gasteiger partial charge on any atom is -0.328 e. The van der Waals surface area contributed by atoms with Crippen LogP contribution in [0.25, 0.3) is 11.2 Å². The Bertz CT molecular complexity index is 529. The molecule has 5 nitrogen and oxygen atoms in total. The smallest absolute Gasteiger partial charge is 0.276 e. The highest BCUT2D eigenvalue weighted by Gasteiger charge is 2.02. The summed E-state index contributed by atoms with van der Waals surface area (Å²) in [6, 6.07) is 0. The minimum absolute atomic E-state index is 0.0430. The van der Waals surface area contributed by atoms with Gasteiger partial charge in [-0.1, -0.05) is 0 Å². The van der Waals surface area contributed by atoms with Crippen molar-refractivity contribution >= 4 is 11.2 Å². The van der Waals surface area contributed by atoms with Gasteiger partial charge in [-0.2, -0.15) is 0 Å². The van der Waals surface area contributed by atoms with Crippen molar-refractivity contribution in [2.24, 2.45) is 7.05 Å². The summed E-state index contributed by atoms with van der Waals surface area (Å²) in [6.07, 6.45) is -0.283. The van der Waals surface area contributed by atoms with Crippen LogP contribution >= 0.6 is 0 Å². The fourth-order valence-corrected chi connectivity index (χ4v) is 0.898. The summed E-state index contributed by atoms with van der Waals surface area (Å²) < 4.78 is 15.8. The van der Waals surface area contributed by atoms with Gasteiger partial charge in [0.05, 0.1) is 12.6 Å². The van der Waals surface area contributed by atoms with E-state index < -0.39 is 5.56 Å². The standard InChI is InChI=1S/C6H6N4O/c1-10-3-9-5-4(10)6(11)8-2-7-5/h2-3H,1H3,(H,7,8,11)/i2D,3D. The maximum absolute atomic E-state index is 11.3. The SMILES string of the molecule is [2H]c1nc2nc([2H])n(C)c2c(=O)[nH]1. The third-order valence-corrected chi connectivity index (χ3v) is 1.40. The molecule has 11 heavy (non-hydrogen) atoms. The largest absolute Gasteiger partial charge is 0.328 e. The maximum Gasteiger partial charge on any atom is 0.276 e. The first-order chi connectivity index (χ1) is 6.09. The highest BCUT2D eigenvalue weighted by Crippen LogP contribution is 1.99. The Kier molecular flexibility index (Phi) is 0.744. The van der Waals surface area contributed by atoms with Gasteiger partial charge in [0.1, 0.15) is 2.74 Å². The molecule has 0 spiro atoms. The third-order valence-electron chi connectivity index (χ3n) is 1.40. The first-order valence-electron chi connectivity index (χ1n) is 3.99. The molecule has 0 radical (unpaired) electrons. The van der Waals surface area contributed by atoms with E-state index in [-0.39, 0.29) is 23.8 Å². The molecule has 0 atom stereocenters. The molecule has 2 rings (SSSR count). The van der Waals surface area contributed by atoms with E-state index in [1.54, 1.807) is 7.05 Å². The summed E-state index contributed by atoms with van der Waals surface area (Å²) in [4.78, 5) is 20.9. The Balaban J connectivity index is 3.03. The Morgan fingerprint density at radius 2 is 2.55 bits per heavy atom. The lowest BCUT2D eigenvalue weighted by Gasteiger charge is -1.88. The molecule has 2 aromatic heterocycles. The van der Waals surface area contributed by atoms with Crippen LogP contribution in [0, 0.1) is 0 Å². The fourth-order valence-electron chi connectivity index (χ4n) is 0.898. The number of aryl methyl sites for hydroxylation is 1. The van der Waals surface area contributed by atoms with Crippen molar-refractivity contribution < 1.29 is 2.74 Å². The molecule has 2 heterocycles. The molecular weight excluding hydrogens is 144 g/mol. The number of imidazole rings is 1. The van der Waals surface area contributed by atoms with Crippen molar-refractivity contribution in [3.05, 3.63) is 23.0 Å².